The molecule has 0 heterocycles. The van der Waals surface area contributed by atoms with Crippen LogP contribution in [0.3, 0.4) is 0 Å². The summed E-state index contributed by atoms with van der Waals surface area (Å²) in [6.07, 6.45) is 2.89. The Bertz CT molecular complexity index is 395. The van der Waals surface area contributed by atoms with Gasteiger partial charge in [-0.2, -0.15) is 0 Å². The summed E-state index contributed by atoms with van der Waals surface area (Å²) in [5.41, 5.74) is 8.24. The van der Waals surface area contributed by atoms with Gasteiger partial charge in [0.1, 0.15) is 12.4 Å². The first-order valence-electron chi connectivity index (χ1n) is 5.80. The molecule has 17 heavy (non-hydrogen) atoms. The molecule has 0 aliphatic heterocycles. The average Bonchev–Trinajstić information content (AvgIpc) is 2.21. The fourth-order valence-electron chi connectivity index (χ4n) is 1.51. The lowest BCUT2D eigenvalue weighted by Crippen LogP contribution is -2.18. The molecule has 1 unspecified atom stereocenters. The van der Waals surface area contributed by atoms with Crippen molar-refractivity contribution >= 4 is 15.9 Å². The molecular weight excluding hydrogens is 278 g/mol. The predicted molar refractivity (Wildman–Crippen MR) is 76.4 cm³/mol. The lowest BCUT2D eigenvalue weighted by molar-refractivity contribution is 0.354. The number of hydrogen-bond donors (Lipinski definition) is 1. The number of benzene rings is 1. The number of para-hydroxylation sites is 1. The molecule has 0 fully saturated rings. The molecule has 0 bridgehead atoms. The van der Waals surface area contributed by atoms with E-state index < -0.39 is 0 Å². The Morgan fingerprint density at radius 1 is 1.47 bits per heavy atom. The fraction of sp³-hybridized carbons (Fsp3) is 0.429. The van der Waals surface area contributed by atoms with Crippen molar-refractivity contribution in [3.05, 3.63) is 39.9 Å². The second-order valence-electron chi connectivity index (χ2n) is 4.50. The van der Waals surface area contributed by atoms with Crippen molar-refractivity contribution in [3.63, 3.8) is 0 Å². The second-order valence-corrected chi connectivity index (χ2v) is 5.36. The van der Waals surface area contributed by atoms with Crippen LogP contribution >= 0.6 is 15.9 Å². The van der Waals surface area contributed by atoms with Crippen LogP contribution in [-0.4, -0.2) is 12.6 Å². The topological polar surface area (TPSA) is 35.2 Å². The lowest BCUT2D eigenvalue weighted by atomic mass is 10.1. The number of ether oxygens (including phenoxy) is 1. The molecule has 0 aromatic heterocycles. The summed E-state index contributed by atoms with van der Waals surface area (Å²) in [6, 6.07) is 6.19. The van der Waals surface area contributed by atoms with Gasteiger partial charge in [-0.1, -0.05) is 17.7 Å². The minimum absolute atomic E-state index is 0.134. The fourth-order valence-corrected chi connectivity index (χ4v) is 2.04. The van der Waals surface area contributed by atoms with Gasteiger partial charge in [0.2, 0.25) is 0 Å². The summed E-state index contributed by atoms with van der Waals surface area (Å²) < 4.78 is 6.78. The van der Waals surface area contributed by atoms with E-state index in [1.54, 1.807) is 0 Å². The van der Waals surface area contributed by atoms with Crippen molar-refractivity contribution in [2.24, 2.45) is 5.73 Å². The summed E-state index contributed by atoms with van der Waals surface area (Å²) in [5.74, 6) is 0.905. The third kappa shape index (κ3) is 4.92. The van der Waals surface area contributed by atoms with Crippen molar-refractivity contribution < 1.29 is 4.74 Å². The van der Waals surface area contributed by atoms with Crippen LogP contribution in [0.5, 0.6) is 5.75 Å². The molecule has 1 atom stereocenters. The number of rotatable bonds is 5. The summed E-state index contributed by atoms with van der Waals surface area (Å²) >= 11 is 3.52. The van der Waals surface area contributed by atoms with E-state index in [1.165, 1.54) is 5.57 Å². The van der Waals surface area contributed by atoms with Gasteiger partial charge in [-0.25, -0.2) is 0 Å². The highest BCUT2D eigenvalue weighted by Gasteiger charge is 2.09. The van der Waals surface area contributed by atoms with Crippen LogP contribution in [0, 0.1) is 0 Å². The van der Waals surface area contributed by atoms with E-state index in [0.29, 0.717) is 6.61 Å². The first kappa shape index (κ1) is 14.3. The van der Waals surface area contributed by atoms with Gasteiger partial charge < -0.3 is 10.5 Å². The molecule has 3 heteroatoms. The zero-order valence-corrected chi connectivity index (χ0v) is 12.3. The maximum absolute atomic E-state index is 5.84. The lowest BCUT2D eigenvalue weighted by Gasteiger charge is -2.13. The molecule has 1 rings (SSSR count). The number of halogens is 1. The molecule has 0 saturated carbocycles. The first-order chi connectivity index (χ1) is 8.00. The van der Waals surface area contributed by atoms with E-state index in [0.717, 1.165) is 22.2 Å². The van der Waals surface area contributed by atoms with Gasteiger partial charge in [0.05, 0.1) is 4.47 Å². The summed E-state index contributed by atoms with van der Waals surface area (Å²) in [5, 5.41) is 0. The van der Waals surface area contributed by atoms with E-state index in [-0.39, 0.29) is 6.04 Å². The smallest absolute Gasteiger partial charge is 0.137 e. The van der Waals surface area contributed by atoms with E-state index in [9.17, 15) is 0 Å². The van der Waals surface area contributed by atoms with Crippen molar-refractivity contribution in [2.75, 3.05) is 6.61 Å². The van der Waals surface area contributed by atoms with E-state index in [1.807, 2.05) is 19.1 Å². The van der Waals surface area contributed by atoms with Crippen molar-refractivity contribution in [1.82, 2.24) is 0 Å². The Kier molecular flexibility index (Phi) is 5.72. The molecule has 0 aliphatic rings. The Morgan fingerprint density at radius 2 is 2.18 bits per heavy atom. The largest absolute Gasteiger partial charge is 0.488 e. The summed E-state index contributed by atoms with van der Waals surface area (Å²) in [4.78, 5) is 0. The predicted octanol–water partition coefficient (Wildman–Crippen LogP) is 3.68. The zero-order chi connectivity index (χ0) is 12.8. The van der Waals surface area contributed by atoms with Crippen LogP contribution in [0.15, 0.2) is 34.3 Å². The van der Waals surface area contributed by atoms with E-state index in [4.69, 9.17) is 10.5 Å². The monoisotopic (exact) mass is 297 g/mol. The van der Waals surface area contributed by atoms with Gasteiger partial charge in [-0.15, -0.1) is 0 Å². The molecule has 1 aromatic rings. The molecule has 0 radical (unpaired) electrons. The molecule has 0 aliphatic carbocycles. The maximum atomic E-state index is 5.84. The normalized spacial score (nSPS) is 12.1. The molecule has 0 amide bonds. The number of allylic oxidation sites excluding steroid dienone is 1. The van der Waals surface area contributed by atoms with Crippen LogP contribution in [0.4, 0.5) is 0 Å². The molecule has 94 valence electrons. The molecule has 0 saturated heterocycles. The third-order valence-corrected chi connectivity index (χ3v) is 2.93. The molecular formula is C14H20BrNO. The average molecular weight is 298 g/mol. The van der Waals surface area contributed by atoms with Crippen molar-refractivity contribution in [3.8, 4) is 5.75 Å². The quantitative estimate of drug-likeness (QED) is 0.842. The highest BCUT2D eigenvalue weighted by molar-refractivity contribution is 9.10. The Balaban J connectivity index is 2.84. The van der Waals surface area contributed by atoms with Crippen LogP contribution in [0.1, 0.15) is 26.3 Å². The molecule has 0 spiro atoms. The number of hydrogen-bond acceptors (Lipinski definition) is 2. The van der Waals surface area contributed by atoms with E-state index >= 15 is 0 Å². The molecule has 1 aromatic carbocycles. The first-order valence-corrected chi connectivity index (χ1v) is 6.59. The minimum atomic E-state index is 0.134. The van der Waals surface area contributed by atoms with Crippen molar-refractivity contribution in [2.45, 2.75) is 33.2 Å². The third-order valence-electron chi connectivity index (χ3n) is 2.31. The van der Waals surface area contributed by atoms with Crippen LogP contribution in [0.25, 0.3) is 0 Å². The van der Waals surface area contributed by atoms with Crippen molar-refractivity contribution in [1.29, 1.82) is 0 Å². The highest BCUT2D eigenvalue weighted by Crippen LogP contribution is 2.29. The standard InChI is InChI=1S/C14H20BrNO/c1-10(2)7-8-17-14-12(9-11(3)16)5-4-6-13(14)15/h4-7,11H,8-9,16H2,1-3H3. The highest BCUT2D eigenvalue weighted by atomic mass is 79.9. The van der Waals surface area contributed by atoms with Gasteiger partial charge in [0, 0.05) is 6.04 Å². The Labute approximate surface area is 112 Å². The van der Waals surface area contributed by atoms with Gasteiger partial charge >= 0.3 is 0 Å². The Hall–Kier alpha value is -0.800. The van der Waals surface area contributed by atoms with Crippen LogP contribution in [-0.2, 0) is 6.42 Å². The SMILES string of the molecule is CC(C)=CCOc1c(Br)cccc1CC(C)N. The number of nitrogens with two attached hydrogens (primary N) is 1. The zero-order valence-electron chi connectivity index (χ0n) is 10.7. The second kappa shape index (κ2) is 6.82. The van der Waals surface area contributed by atoms with Gasteiger partial charge in [-0.05, 0) is 60.8 Å². The van der Waals surface area contributed by atoms with E-state index in [2.05, 4.69) is 41.9 Å². The van der Waals surface area contributed by atoms with Gasteiger partial charge in [0.15, 0.2) is 0 Å². The minimum Gasteiger partial charge on any atom is -0.488 e. The summed E-state index contributed by atoms with van der Waals surface area (Å²) in [6.45, 7) is 6.72. The van der Waals surface area contributed by atoms with Crippen LogP contribution in [0.2, 0.25) is 0 Å². The van der Waals surface area contributed by atoms with Gasteiger partial charge in [0.25, 0.3) is 0 Å². The molecule has 2 nitrogen and oxygen atoms in total. The Morgan fingerprint density at radius 3 is 2.76 bits per heavy atom. The summed E-state index contributed by atoms with van der Waals surface area (Å²) in [7, 11) is 0. The van der Waals surface area contributed by atoms with Gasteiger partial charge in [-0.3, -0.25) is 0 Å². The molecule has 2 N–H and O–H groups in total. The van der Waals surface area contributed by atoms with Crippen LogP contribution < -0.4 is 10.5 Å². The maximum Gasteiger partial charge on any atom is 0.137 e.